The molecule has 98 valence electrons. The van der Waals surface area contributed by atoms with Gasteiger partial charge in [-0.15, -0.1) is 0 Å². The van der Waals surface area contributed by atoms with Crippen LogP contribution in [0, 0.1) is 0 Å². The minimum Gasteiger partial charge on any atom is -0.279 e. The fourth-order valence-corrected chi connectivity index (χ4v) is 0.811. The standard InChI is InChI=1S/C5H3Cl2FN.CHF3O3S/c6-4-2-1-3-5(7)9(4)8;2-1(3,4)8(5,6)7/h1-3H;(H,5,6,7)/q+1;. The smallest absolute Gasteiger partial charge is 0.279 e. The fraction of sp³-hybridized carbons (Fsp3) is 0.167. The lowest BCUT2D eigenvalue weighted by Crippen LogP contribution is -2.24. The van der Waals surface area contributed by atoms with Crippen LogP contribution in [0.3, 0.4) is 0 Å². The molecule has 4 nitrogen and oxygen atoms in total. The number of halogens is 6. The lowest BCUT2D eigenvalue weighted by Gasteiger charge is -1.97. The molecule has 0 atom stereocenters. The molecule has 0 bridgehead atoms. The first-order chi connectivity index (χ1) is 7.47. The highest BCUT2D eigenvalue weighted by Gasteiger charge is 2.44. The van der Waals surface area contributed by atoms with Crippen LogP contribution in [0.25, 0.3) is 0 Å². The second-order valence-corrected chi connectivity index (χ2v) is 4.56. The molecule has 0 saturated heterocycles. The quantitative estimate of drug-likeness (QED) is 0.346. The molecule has 0 unspecified atom stereocenters. The first-order valence-electron chi connectivity index (χ1n) is 3.53. The summed E-state index contributed by atoms with van der Waals surface area (Å²) in [6.45, 7) is 0. The van der Waals surface area contributed by atoms with E-state index in [9.17, 15) is 17.7 Å². The minimum absolute atomic E-state index is 0.0255. The van der Waals surface area contributed by atoms with Crippen molar-refractivity contribution in [3.8, 4) is 0 Å². The molecular formula is C6H4Cl2F4NO3S+. The van der Waals surface area contributed by atoms with Gasteiger partial charge in [-0.2, -0.15) is 21.6 Å². The highest BCUT2D eigenvalue weighted by atomic mass is 35.5. The summed E-state index contributed by atoms with van der Waals surface area (Å²) < 4.78 is 69.9. The van der Waals surface area contributed by atoms with Gasteiger partial charge in [-0.3, -0.25) is 4.55 Å². The summed E-state index contributed by atoms with van der Waals surface area (Å²) in [5.74, 6) is 0. The molecule has 0 saturated carbocycles. The third kappa shape index (κ3) is 5.48. The number of nitrogens with zero attached hydrogens (tertiary/aromatic N) is 1. The third-order valence-corrected chi connectivity index (χ3v) is 2.27. The molecular weight excluding hydrogens is 313 g/mol. The molecule has 0 radical (unpaired) electrons. The predicted octanol–water partition coefficient (Wildman–Crippen LogP) is 2.41. The van der Waals surface area contributed by atoms with Crippen molar-refractivity contribution in [2.24, 2.45) is 0 Å². The molecule has 1 N–H and O–H groups in total. The molecule has 0 amide bonds. The van der Waals surface area contributed by atoms with E-state index in [0.29, 0.717) is 0 Å². The average Bonchev–Trinajstić information content (AvgIpc) is 2.12. The van der Waals surface area contributed by atoms with Gasteiger partial charge in [0.15, 0.2) is 0 Å². The molecule has 0 aliphatic carbocycles. The molecule has 11 heteroatoms. The summed E-state index contributed by atoms with van der Waals surface area (Å²) in [5, 5.41) is -0.0509. The number of hydrogen-bond donors (Lipinski definition) is 1. The zero-order valence-electron chi connectivity index (χ0n) is 7.62. The second kappa shape index (κ2) is 5.80. The first kappa shape index (κ1) is 16.4. The molecule has 0 fully saturated rings. The number of pyridine rings is 1. The molecule has 1 aromatic heterocycles. The van der Waals surface area contributed by atoms with E-state index in [1.165, 1.54) is 12.1 Å². The van der Waals surface area contributed by atoms with Gasteiger partial charge in [0, 0.05) is 12.1 Å². The second-order valence-electron chi connectivity index (χ2n) is 2.37. The van der Waals surface area contributed by atoms with E-state index in [1.54, 1.807) is 6.07 Å². The zero-order valence-corrected chi connectivity index (χ0v) is 9.95. The Morgan fingerprint density at radius 3 is 1.65 bits per heavy atom. The van der Waals surface area contributed by atoms with E-state index in [0.717, 1.165) is 0 Å². The summed E-state index contributed by atoms with van der Waals surface area (Å²) in [5.41, 5.74) is -5.53. The van der Waals surface area contributed by atoms with Gasteiger partial charge in [0.25, 0.3) is 0 Å². The summed E-state index contributed by atoms with van der Waals surface area (Å²) in [6.07, 6.45) is 0. The van der Waals surface area contributed by atoms with Gasteiger partial charge in [-0.05, 0) is 29.3 Å². The Balaban J connectivity index is 0.000000304. The van der Waals surface area contributed by atoms with Crippen LogP contribution in [0.4, 0.5) is 17.7 Å². The van der Waals surface area contributed by atoms with Crippen LogP contribution >= 0.6 is 23.2 Å². The molecule has 0 aromatic carbocycles. The van der Waals surface area contributed by atoms with Crippen molar-refractivity contribution in [2.75, 3.05) is 0 Å². The van der Waals surface area contributed by atoms with Gasteiger partial charge in [-0.1, -0.05) is 0 Å². The summed E-state index contributed by atoms with van der Waals surface area (Å²) in [4.78, 5) is 0.198. The molecule has 0 aliphatic heterocycles. The van der Waals surface area contributed by atoms with E-state index >= 15 is 0 Å². The highest BCUT2D eigenvalue weighted by Crippen LogP contribution is 2.20. The Bertz CT molecular complexity index is 470. The van der Waals surface area contributed by atoms with E-state index in [2.05, 4.69) is 0 Å². The van der Waals surface area contributed by atoms with Crippen molar-refractivity contribution in [1.82, 2.24) is 0 Å². The molecule has 1 heterocycles. The topological polar surface area (TPSA) is 58.2 Å². The number of aromatic nitrogens is 1. The average molecular weight is 317 g/mol. The third-order valence-electron chi connectivity index (χ3n) is 1.14. The van der Waals surface area contributed by atoms with Crippen molar-refractivity contribution in [3.05, 3.63) is 28.5 Å². The van der Waals surface area contributed by atoms with Crippen LogP contribution in [-0.2, 0) is 10.1 Å². The lowest BCUT2D eigenvalue weighted by atomic mass is 10.5. The first-order valence-corrected chi connectivity index (χ1v) is 5.72. The SMILES string of the molecule is F[n+]1c(Cl)cccc1Cl.O=S(=O)(O)C(F)(F)F. The van der Waals surface area contributed by atoms with Crippen LogP contribution < -0.4 is 4.79 Å². The number of alkyl halides is 3. The maximum atomic E-state index is 12.4. The van der Waals surface area contributed by atoms with Gasteiger partial charge in [0.05, 0.1) is 9.27 Å². The normalized spacial score (nSPS) is 11.7. The van der Waals surface area contributed by atoms with Crippen molar-refractivity contribution < 1.29 is 35.4 Å². The molecule has 0 aliphatic rings. The predicted molar refractivity (Wildman–Crippen MR) is 50.8 cm³/mol. The van der Waals surface area contributed by atoms with Gasteiger partial charge in [0.2, 0.25) is 0 Å². The van der Waals surface area contributed by atoms with Crippen molar-refractivity contribution >= 4 is 33.3 Å². The largest absolute Gasteiger partial charge is 0.522 e. The summed E-state index contributed by atoms with van der Waals surface area (Å²) >= 11 is 10.6. The van der Waals surface area contributed by atoms with Crippen molar-refractivity contribution in [3.63, 3.8) is 0 Å². The Hall–Kier alpha value is -0.640. The van der Waals surface area contributed by atoms with Crippen LogP contribution in [0.2, 0.25) is 10.3 Å². The Labute approximate surface area is 103 Å². The Morgan fingerprint density at radius 2 is 1.47 bits per heavy atom. The monoisotopic (exact) mass is 316 g/mol. The van der Waals surface area contributed by atoms with Crippen molar-refractivity contribution in [1.29, 1.82) is 0 Å². The van der Waals surface area contributed by atoms with E-state index in [-0.39, 0.29) is 15.1 Å². The summed E-state index contributed by atoms with van der Waals surface area (Å²) in [7, 11) is -5.84. The van der Waals surface area contributed by atoms with E-state index in [4.69, 9.17) is 36.2 Å². The van der Waals surface area contributed by atoms with Crippen molar-refractivity contribution in [2.45, 2.75) is 5.51 Å². The van der Waals surface area contributed by atoms with Crippen LogP contribution in [0.1, 0.15) is 0 Å². The molecule has 17 heavy (non-hydrogen) atoms. The van der Waals surface area contributed by atoms with Gasteiger partial charge < -0.3 is 0 Å². The van der Waals surface area contributed by atoms with Gasteiger partial charge in [0.1, 0.15) is 0 Å². The van der Waals surface area contributed by atoms with E-state index < -0.39 is 15.6 Å². The number of rotatable bonds is 0. The van der Waals surface area contributed by atoms with Crippen LogP contribution in [0.15, 0.2) is 18.2 Å². The Morgan fingerprint density at radius 1 is 1.18 bits per heavy atom. The fourth-order valence-electron chi connectivity index (χ4n) is 0.440. The summed E-state index contributed by atoms with van der Waals surface area (Å²) in [6, 6.07) is 4.39. The maximum Gasteiger partial charge on any atom is 0.522 e. The van der Waals surface area contributed by atoms with Crippen LogP contribution in [0.5, 0.6) is 0 Å². The lowest BCUT2D eigenvalue weighted by molar-refractivity contribution is -0.840. The zero-order chi connectivity index (χ0) is 13.9. The molecule has 1 rings (SSSR count). The van der Waals surface area contributed by atoms with Crippen LogP contribution in [-0.4, -0.2) is 18.5 Å². The highest BCUT2D eigenvalue weighted by molar-refractivity contribution is 7.86. The van der Waals surface area contributed by atoms with Gasteiger partial charge in [-0.25, -0.2) is 0 Å². The number of hydrogen-bond acceptors (Lipinski definition) is 2. The molecule has 0 spiro atoms. The van der Waals surface area contributed by atoms with Gasteiger partial charge >= 0.3 is 25.9 Å². The minimum atomic E-state index is -5.84. The maximum absolute atomic E-state index is 12.4. The molecule has 1 aromatic rings. The van der Waals surface area contributed by atoms with E-state index in [1.807, 2.05) is 0 Å². The Kier molecular flexibility index (Phi) is 5.59.